The first-order chi connectivity index (χ1) is 13.6. The van der Waals surface area contributed by atoms with Gasteiger partial charge >= 0.3 is 0 Å². The number of hydrogen-bond acceptors (Lipinski definition) is 5. The van der Waals surface area contributed by atoms with E-state index in [1.807, 2.05) is 31.2 Å². The van der Waals surface area contributed by atoms with E-state index in [0.29, 0.717) is 41.8 Å². The van der Waals surface area contributed by atoms with Crippen LogP contribution >= 0.6 is 23.4 Å². The molecule has 2 aromatic rings. The summed E-state index contributed by atoms with van der Waals surface area (Å²) in [5.74, 6) is 0.853. The molecule has 0 saturated heterocycles. The maximum absolute atomic E-state index is 12.4. The molecule has 3 rings (SSSR count). The minimum absolute atomic E-state index is 0.137. The Hall–Kier alpha value is -2.62. The van der Waals surface area contributed by atoms with Crippen molar-refractivity contribution in [3.8, 4) is 17.6 Å². The standard InChI is InChI=1S/C21H19ClN2O3S/c1-14(8-9-23)28-19-5-3-2-4-17(19)24-20(25)7-6-15-12-16(22)21-18(13-15)26-10-11-27-21/h2-7,12-14H,8,10-11H2,1H3,(H,24,25). The van der Waals surface area contributed by atoms with Crippen molar-refractivity contribution in [3.05, 3.63) is 53.1 Å². The molecule has 0 aliphatic carbocycles. The van der Waals surface area contributed by atoms with E-state index in [-0.39, 0.29) is 11.2 Å². The Kier molecular flexibility index (Phi) is 6.85. The van der Waals surface area contributed by atoms with E-state index < -0.39 is 0 Å². The number of carbonyl (C=O) groups excluding carboxylic acids is 1. The number of fused-ring (bicyclic) bond motifs is 1. The third-order valence-corrected chi connectivity index (χ3v) is 5.36. The molecule has 1 aliphatic rings. The molecule has 0 spiro atoms. The van der Waals surface area contributed by atoms with E-state index >= 15 is 0 Å². The van der Waals surface area contributed by atoms with Crippen LogP contribution in [0.5, 0.6) is 11.5 Å². The molecule has 1 unspecified atom stereocenters. The SMILES string of the molecule is CC(CC#N)Sc1ccccc1NC(=O)C=Cc1cc(Cl)c2c(c1)OCCO2. The second kappa shape index (κ2) is 9.54. The molecule has 144 valence electrons. The van der Waals surface area contributed by atoms with Gasteiger partial charge in [0.15, 0.2) is 11.5 Å². The molecule has 0 radical (unpaired) electrons. The average molecular weight is 415 g/mol. The molecule has 0 bridgehead atoms. The van der Waals surface area contributed by atoms with Crippen molar-refractivity contribution >= 4 is 41.0 Å². The van der Waals surface area contributed by atoms with Crippen molar-refractivity contribution in [3.63, 3.8) is 0 Å². The first-order valence-corrected chi connectivity index (χ1v) is 10.0. The van der Waals surface area contributed by atoms with Crippen LogP contribution in [-0.2, 0) is 4.79 Å². The number of para-hydroxylation sites is 1. The fraction of sp³-hybridized carbons (Fsp3) is 0.238. The first-order valence-electron chi connectivity index (χ1n) is 8.77. The second-order valence-electron chi connectivity index (χ2n) is 6.14. The van der Waals surface area contributed by atoms with Gasteiger partial charge in [-0.2, -0.15) is 5.26 Å². The Morgan fingerprint density at radius 3 is 2.96 bits per heavy atom. The number of nitrogens with zero attached hydrogens (tertiary/aromatic N) is 1. The van der Waals surface area contributed by atoms with Crippen LogP contribution in [0.15, 0.2) is 47.4 Å². The highest BCUT2D eigenvalue weighted by molar-refractivity contribution is 8.00. The highest BCUT2D eigenvalue weighted by Crippen LogP contribution is 2.38. The summed E-state index contributed by atoms with van der Waals surface area (Å²) in [5.41, 5.74) is 1.46. The van der Waals surface area contributed by atoms with Crippen molar-refractivity contribution in [2.75, 3.05) is 18.5 Å². The zero-order valence-electron chi connectivity index (χ0n) is 15.3. The molecule has 1 atom stereocenters. The summed E-state index contributed by atoms with van der Waals surface area (Å²) in [4.78, 5) is 13.3. The van der Waals surface area contributed by atoms with Crippen LogP contribution in [0.25, 0.3) is 6.08 Å². The Labute approximate surface area is 173 Å². The molecule has 2 aromatic carbocycles. The Bertz CT molecular complexity index is 940. The van der Waals surface area contributed by atoms with Crippen LogP contribution in [0.4, 0.5) is 5.69 Å². The van der Waals surface area contributed by atoms with Crippen molar-refractivity contribution in [2.45, 2.75) is 23.5 Å². The minimum atomic E-state index is -0.257. The molecule has 0 saturated carbocycles. The molecule has 0 fully saturated rings. The fourth-order valence-electron chi connectivity index (χ4n) is 2.63. The average Bonchev–Trinajstić information content (AvgIpc) is 2.68. The number of thioether (sulfide) groups is 1. The van der Waals surface area contributed by atoms with E-state index in [9.17, 15) is 4.79 Å². The van der Waals surface area contributed by atoms with Gasteiger partial charge in [0.1, 0.15) is 13.2 Å². The van der Waals surface area contributed by atoms with Gasteiger partial charge < -0.3 is 14.8 Å². The lowest BCUT2D eigenvalue weighted by molar-refractivity contribution is -0.111. The summed E-state index contributed by atoms with van der Waals surface area (Å²) in [6, 6.07) is 13.2. The normalized spacial score (nSPS) is 13.8. The monoisotopic (exact) mass is 414 g/mol. The number of benzene rings is 2. The molecule has 28 heavy (non-hydrogen) atoms. The van der Waals surface area contributed by atoms with Crippen LogP contribution < -0.4 is 14.8 Å². The van der Waals surface area contributed by atoms with Crippen LogP contribution in [0, 0.1) is 11.3 Å². The zero-order valence-corrected chi connectivity index (χ0v) is 16.8. The molecule has 1 N–H and O–H groups in total. The molecule has 7 heteroatoms. The van der Waals surface area contributed by atoms with E-state index in [0.717, 1.165) is 10.5 Å². The van der Waals surface area contributed by atoms with Gasteiger partial charge in [-0.1, -0.05) is 30.7 Å². The number of rotatable bonds is 6. The smallest absolute Gasteiger partial charge is 0.248 e. The summed E-state index contributed by atoms with van der Waals surface area (Å²) >= 11 is 7.78. The van der Waals surface area contributed by atoms with Crippen molar-refractivity contribution in [1.29, 1.82) is 5.26 Å². The lowest BCUT2D eigenvalue weighted by atomic mass is 10.1. The van der Waals surface area contributed by atoms with Crippen LogP contribution in [-0.4, -0.2) is 24.4 Å². The van der Waals surface area contributed by atoms with Crippen LogP contribution in [0.2, 0.25) is 5.02 Å². The number of halogens is 1. The number of nitrogens with one attached hydrogen (secondary N) is 1. The van der Waals surface area contributed by atoms with Gasteiger partial charge in [0, 0.05) is 22.6 Å². The number of carbonyl (C=O) groups is 1. The maximum atomic E-state index is 12.4. The first kappa shape index (κ1) is 20.1. The number of ether oxygens (including phenoxy) is 2. The number of nitriles is 1. The summed E-state index contributed by atoms with van der Waals surface area (Å²) < 4.78 is 11.0. The number of hydrogen-bond donors (Lipinski definition) is 1. The van der Waals surface area contributed by atoms with Gasteiger partial charge in [0.05, 0.1) is 16.8 Å². The van der Waals surface area contributed by atoms with Crippen molar-refractivity contribution < 1.29 is 14.3 Å². The van der Waals surface area contributed by atoms with Gasteiger partial charge in [-0.25, -0.2) is 0 Å². The lowest BCUT2D eigenvalue weighted by Gasteiger charge is -2.19. The van der Waals surface area contributed by atoms with Gasteiger partial charge in [0.25, 0.3) is 0 Å². The maximum Gasteiger partial charge on any atom is 0.248 e. The van der Waals surface area contributed by atoms with Gasteiger partial charge in [-0.15, -0.1) is 11.8 Å². The molecule has 1 aliphatic heterocycles. The molecule has 1 amide bonds. The summed E-state index contributed by atoms with van der Waals surface area (Å²) in [7, 11) is 0. The minimum Gasteiger partial charge on any atom is -0.486 e. The third kappa shape index (κ3) is 5.22. The van der Waals surface area contributed by atoms with E-state index in [1.165, 1.54) is 6.08 Å². The van der Waals surface area contributed by atoms with E-state index in [1.54, 1.807) is 30.0 Å². The van der Waals surface area contributed by atoms with Gasteiger partial charge in [0.2, 0.25) is 5.91 Å². The summed E-state index contributed by atoms with van der Waals surface area (Å²) in [6.07, 6.45) is 3.56. The highest BCUT2D eigenvalue weighted by atomic mass is 35.5. The Morgan fingerprint density at radius 1 is 1.36 bits per heavy atom. The Morgan fingerprint density at radius 2 is 2.14 bits per heavy atom. The van der Waals surface area contributed by atoms with Crippen molar-refractivity contribution in [2.24, 2.45) is 0 Å². The largest absolute Gasteiger partial charge is 0.486 e. The predicted octanol–water partition coefficient (Wildman–Crippen LogP) is 5.16. The molecular formula is C21H19ClN2O3S. The third-order valence-electron chi connectivity index (χ3n) is 3.90. The predicted molar refractivity (Wildman–Crippen MR) is 112 cm³/mol. The van der Waals surface area contributed by atoms with E-state index in [2.05, 4.69) is 11.4 Å². The van der Waals surface area contributed by atoms with Gasteiger partial charge in [-0.05, 0) is 35.9 Å². The summed E-state index contributed by atoms with van der Waals surface area (Å²) in [6.45, 7) is 2.92. The second-order valence-corrected chi connectivity index (χ2v) is 8.02. The highest BCUT2D eigenvalue weighted by Gasteiger charge is 2.16. The molecular weight excluding hydrogens is 396 g/mol. The Balaban J connectivity index is 1.69. The molecule has 5 nitrogen and oxygen atoms in total. The van der Waals surface area contributed by atoms with Crippen LogP contribution in [0.1, 0.15) is 18.9 Å². The number of anilines is 1. The lowest BCUT2D eigenvalue weighted by Crippen LogP contribution is -2.15. The molecule has 0 aromatic heterocycles. The van der Waals surface area contributed by atoms with E-state index in [4.69, 9.17) is 26.3 Å². The zero-order chi connectivity index (χ0) is 19.9. The van der Waals surface area contributed by atoms with Crippen LogP contribution in [0.3, 0.4) is 0 Å². The quantitative estimate of drug-likeness (QED) is 0.522. The fourth-order valence-corrected chi connectivity index (χ4v) is 3.90. The molecule has 1 heterocycles. The van der Waals surface area contributed by atoms with Crippen molar-refractivity contribution in [1.82, 2.24) is 0 Å². The van der Waals surface area contributed by atoms with Gasteiger partial charge in [-0.3, -0.25) is 4.79 Å². The number of amides is 1. The summed E-state index contributed by atoms with van der Waals surface area (Å²) in [5, 5.41) is 12.3. The topological polar surface area (TPSA) is 71.4 Å².